The summed E-state index contributed by atoms with van der Waals surface area (Å²) in [6.45, 7) is 8.59. The maximum Gasteiger partial charge on any atom is 0.147 e. The first-order valence-electron chi connectivity index (χ1n) is 5.73. The summed E-state index contributed by atoms with van der Waals surface area (Å²) in [6.07, 6.45) is 2.22. The van der Waals surface area contributed by atoms with Crippen LogP contribution in [0.1, 0.15) is 31.7 Å². The first-order chi connectivity index (χ1) is 7.50. The molecular weight excluding hydrogens is 202 g/mol. The van der Waals surface area contributed by atoms with Crippen molar-refractivity contribution in [1.29, 1.82) is 0 Å². The van der Waals surface area contributed by atoms with Gasteiger partial charge in [0.05, 0.1) is 17.5 Å². The molecule has 1 aromatic heterocycles. The molecule has 1 atom stereocenters. The maximum atomic E-state index is 9.65. The van der Waals surface area contributed by atoms with Crippen LogP contribution in [0.5, 0.6) is 0 Å². The van der Waals surface area contributed by atoms with Crippen molar-refractivity contribution in [3.05, 3.63) is 17.6 Å². The molecule has 0 amide bonds. The normalized spacial score (nSPS) is 12.9. The van der Waals surface area contributed by atoms with E-state index in [2.05, 4.69) is 15.3 Å². The summed E-state index contributed by atoms with van der Waals surface area (Å²) in [5.74, 6) is 1.11. The predicted molar refractivity (Wildman–Crippen MR) is 65.5 cm³/mol. The number of aliphatic hydroxyl groups excluding tert-OH is 1. The van der Waals surface area contributed by atoms with Gasteiger partial charge in [0.25, 0.3) is 0 Å². The zero-order valence-corrected chi connectivity index (χ0v) is 10.5. The average Bonchev–Trinajstić information content (AvgIpc) is 2.22. The Labute approximate surface area is 97.1 Å². The highest BCUT2D eigenvalue weighted by molar-refractivity contribution is 5.39. The maximum absolute atomic E-state index is 9.65. The van der Waals surface area contributed by atoms with Crippen LogP contribution in [-0.4, -0.2) is 27.7 Å². The molecule has 4 heteroatoms. The number of anilines is 1. The van der Waals surface area contributed by atoms with Crippen molar-refractivity contribution >= 4 is 5.82 Å². The van der Waals surface area contributed by atoms with Crippen molar-refractivity contribution in [3.63, 3.8) is 0 Å². The molecule has 0 fully saturated rings. The summed E-state index contributed by atoms with van der Waals surface area (Å²) in [4.78, 5) is 8.58. The summed E-state index contributed by atoms with van der Waals surface area (Å²) in [5.41, 5.74) is 1.79. The molecule has 1 rings (SSSR count). The molecule has 1 aromatic rings. The summed E-state index contributed by atoms with van der Waals surface area (Å²) < 4.78 is 0. The molecule has 0 saturated carbocycles. The van der Waals surface area contributed by atoms with Gasteiger partial charge in [0.15, 0.2) is 0 Å². The summed E-state index contributed by atoms with van der Waals surface area (Å²) in [7, 11) is 0. The third kappa shape index (κ3) is 3.77. The van der Waals surface area contributed by atoms with Crippen LogP contribution >= 0.6 is 0 Å². The second kappa shape index (κ2) is 5.80. The lowest BCUT2D eigenvalue weighted by Gasteiger charge is -2.15. The molecule has 0 aliphatic rings. The lowest BCUT2D eigenvalue weighted by molar-refractivity contribution is 0.120. The minimum absolute atomic E-state index is 0.259. The van der Waals surface area contributed by atoms with Crippen molar-refractivity contribution in [2.75, 3.05) is 11.9 Å². The van der Waals surface area contributed by atoms with E-state index in [1.807, 2.05) is 27.7 Å². The second-order valence-corrected chi connectivity index (χ2v) is 4.47. The standard InChI is InChI=1S/C12H21N3O/c1-8(2)11(16)5-6-13-12-10(4)14-7-9(3)15-12/h7-8,11,16H,5-6H2,1-4H3,(H,13,15)/t11-/m0/s1. The first kappa shape index (κ1) is 12.9. The number of hydrogen-bond acceptors (Lipinski definition) is 4. The average molecular weight is 223 g/mol. The summed E-state index contributed by atoms with van der Waals surface area (Å²) in [6, 6.07) is 0. The van der Waals surface area contributed by atoms with Gasteiger partial charge in [0.2, 0.25) is 0 Å². The lowest BCUT2D eigenvalue weighted by atomic mass is 10.0. The fourth-order valence-electron chi connectivity index (χ4n) is 1.38. The topological polar surface area (TPSA) is 58.0 Å². The van der Waals surface area contributed by atoms with Gasteiger partial charge in [-0.05, 0) is 26.2 Å². The van der Waals surface area contributed by atoms with Gasteiger partial charge in [-0.25, -0.2) is 4.98 Å². The fourth-order valence-corrected chi connectivity index (χ4v) is 1.38. The molecule has 0 radical (unpaired) electrons. The second-order valence-electron chi connectivity index (χ2n) is 4.47. The lowest BCUT2D eigenvalue weighted by Crippen LogP contribution is -2.19. The minimum Gasteiger partial charge on any atom is -0.393 e. The Bertz CT molecular complexity index is 339. The van der Waals surface area contributed by atoms with Crippen molar-refractivity contribution < 1.29 is 5.11 Å². The Morgan fingerprint density at radius 2 is 2.06 bits per heavy atom. The van der Waals surface area contributed by atoms with Gasteiger partial charge in [-0.2, -0.15) is 0 Å². The van der Waals surface area contributed by atoms with Crippen LogP contribution in [0.25, 0.3) is 0 Å². The van der Waals surface area contributed by atoms with Gasteiger partial charge in [0.1, 0.15) is 5.82 Å². The number of aliphatic hydroxyl groups is 1. The Morgan fingerprint density at radius 1 is 1.38 bits per heavy atom. The monoisotopic (exact) mass is 223 g/mol. The first-order valence-corrected chi connectivity index (χ1v) is 5.73. The molecule has 0 spiro atoms. The molecule has 0 aromatic carbocycles. The number of aryl methyl sites for hydroxylation is 2. The molecule has 0 saturated heterocycles. The van der Waals surface area contributed by atoms with E-state index in [1.165, 1.54) is 0 Å². The van der Waals surface area contributed by atoms with Crippen LogP contribution in [0.15, 0.2) is 6.20 Å². The molecule has 90 valence electrons. The highest BCUT2D eigenvalue weighted by Crippen LogP contribution is 2.10. The van der Waals surface area contributed by atoms with Crippen LogP contribution in [0, 0.1) is 19.8 Å². The highest BCUT2D eigenvalue weighted by atomic mass is 16.3. The van der Waals surface area contributed by atoms with E-state index in [0.29, 0.717) is 5.92 Å². The van der Waals surface area contributed by atoms with E-state index in [-0.39, 0.29) is 6.10 Å². The van der Waals surface area contributed by atoms with Gasteiger partial charge in [0, 0.05) is 12.7 Å². The van der Waals surface area contributed by atoms with Crippen LogP contribution in [0.2, 0.25) is 0 Å². The van der Waals surface area contributed by atoms with E-state index in [4.69, 9.17) is 0 Å². The molecule has 4 nitrogen and oxygen atoms in total. The molecule has 16 heavy (non-hydrogen) atoms. The SMILES string of the molecule is Cc1cnc(C)c(NCC[C@H](O)C(C)C)n1. The fraction of sp³-hybridized carbons (Fsp3) is 0.667. The summed E-state index contributed by atoms with van der Waals surface area (Å²) >= 11 is 0. The van der Waals surface area contributed by atoms with Crippen LogP contribution < -0.4 is 5.32 Å². The molecular formula is C12H21N3O. The third-order valence-corrected chi connectivity index (χ3v) is 2.58. The van der Waals surface area contributed by atoms with Crippen LogP contribution in [-0.2, 0) is 0 Å². The molecule has 2 N–H and O–H groups in total. The van der Waals surface area contributed by atoms with Gasteiger partial charge in [-0.15, -0.1) is 0 Å². The number of nitrogens with one attached hydrogen (secondary N) is 1. The number of nitrogens with zero attached hydrogens (tertiary/aromatic N) is 2. The Morgan fingerprint density at radius 3 is 2.69 bits per heavy atom. The quantitative estimate of drug-likeness (QED) is 0.800. The summed E-state index contributed by atoms with van der Waals surface area (Å²) in [5, 5.41) is 12.9. The van der Waals surface area contributed by atoms with Crippen molar-refractivity contribution in [2.24, 2.45) is 5.92 Å². The van der Waals surface area contributed by atoms with E-state index in [1.54, 1.807) is 6.20 Å². The molecule has 1 heterocycles. The van der Waals surface area contributed by atoms with E-state index >= 15 is 0 Å². The zero-order valence-electron chi connectivity index (χ0n) is 10.5. The molecule has 0 aliphatic heterocycles. The van der Waals surface area contributed by atoms with E-state index < -0.39 is 0 Å². The third-order valence-electron chi connectivity index (χ3n) is 2.58. The van der Waals surface area contributed by atoms with E-state index in [9.17, 15) is 5.11 Å². The smallest absolute Gasteiger partial charge is 0.147 e. The molecule has 0 bridgehead atoms. The van der Waals surface area contributed by atoms with Crippen molar-refractivity contribution in [3.8, 4) is 0 Å². The van der Waals surface area contributed by atoms with E-state index in [0.717, 1.165) is 30.2 Å². The van der Waals surface area contributed by atoms with Crippen LogP contribution in [0.4, 0.5) is 5.82 Å². The van der Waals surface area contributed by atoms with Gasteiger partial charge < -0.3 is 10.4 Å². The molecule has 0 aliphatic carbocycles. The van der Waals surface area contributed by atoms with Gasteiger partial charge >= 0.3 is 0 Å². The van der Waals surface area contributed by atoms with Crippen molar-refractivity contribution in [1.82, 2.24) is 9.97 Å². The van der Waals surface area contributed by atoms with Gasteiger partial charge in [-0.3, -0.25) is 4.98 Å². The van der Waals surface area contributed by atoms with Crippen molar-refractivity contribution in [2.45, 2.75) is 40.2 Å². The largest absolute Gasteiger partial charge is 0.393 e. The Kier molecular flexibility index (Phi) is 4.68. The molecule has 0 unspecified atom stereocenters. The number of rotatable bonds is 5. The van der Waals surface area contributed by atoms with Crippen LogP contribution in [0.3, 0.4) is 0 Å². The predicted octanol–water partition coefficient (Wildman–Crippen LogP) is 1.91. The number of aromatic nitrogens is 2. The highest BCUT2D eigenvalue weighted by Gasteiger charge is 2.09. The Hall–Kier alpha value is -1.16. The zero-order chi connectivity index (χ0) is 12.1. The number of hydrogen-bond donors (Lipinski definition) is 2. The minimum atomic E-state index is -0.259. The Balaban J connectivity index is 2.45. The van der Waals surface area contributed by atoms with Gasteiger partial charge in [-0.1, -0.05) is 13.8 Å².